The van der Waals surface area contributed by atoms with Crippen LogP contribution in [-0.2, 0) is 0 Å². The fraction of sp³-hybridized carbons (Fsp3) is 0.294. The fourth-order valence-corrected chi connectivity index (χ4v) is 2.41. The monoisotopic (exact) mass is 289 g/mol. The highest BCUT2D eigenvalue weighted by molar-refractivity contribution is 6.33. The van der Waals surface area contributed by atoms with Crippen molar-refractivity contribution in [3.05, 3.63) is 58.6 Å². The van der Waals surface area contributed by atoms with Crippen molar-refractivity contribution in [2.75, 3.05) is 11.9 Å². The first-order chi connectivity index (χ1) is 9.61. The van der Waals surface area contributed by atoms with E-state index in [1.165, 1.54) is 5.56 Å². The van der Waals surface area contributed by atoms with Crippen LogP contribution in [0.25, 0.3) is 0 Å². The largest absolute Gasteiger partial charge is 0.494 e. The third kappa shape index (κ3) is 3.45. The minimum atomic E-state index is 0.185. The lowest BCUT2D eigenvalue weighted by Crippen LogP contribution is -2.08. The number of para-hydroxylation sites is 1. The number of anilines is 1. The van der Waals surface area contributed by atoms with Crippen molar-refractivity contribution in [2.24, 2.45) is 0 Å². The Kier molecular flexibility index (Phi) is 4.91. The van der Waals surface area contributed by atoms with Crippen molar-refractivity contribution in [3.8, 4) is 5.75 Å². The summed E-state index contributed by atoms with van der Waals surface area (Å²) in [6, 6.07) is 14.3. The van der Waals surface area contributed by atoms with E-state index in [-0.39, 0.29) is 6.04 Å². The Morgan fingerprint density at radius 2 is 1.85 bits per heavy atom. The second kappa shape index (κ2) is 6.67. The maximum atomic E-state index is 6.25. The molecule has 2 aromatic rings. The number of benzene rings is 2. The molecule has 0 saturated carbocycles. The third-order valence-corrected chi connectivity index (χ3v) is 3.59. The summed E-state index contributed by atoms with van der Waals surface area (Å²) in [6.45, 7) is 6.85. The topological polar surface area (TPSA) is 21.3 Å². The van der Waals surface area contributed by atoms with Crippen LogP contribution in [-0.4, -0.2) is 6.61 Å². The van der Waals surface area contributed by atoms with Gasteiger partial charge in [-0.25, -0.2) is 0 Å². The van der Waals surface area contributed by atoms with Crippen LogP contribution in [0, 0.1) is 6.92 Å². The summed E-state index contributed by atoms with van der Waals surface area (Å²) in [5, 5.41) is 4.23. The number of nitrogens with one attached hydrogen (secondary N) is 1. The Labute approximate surface area is 125 Å². The minimum absolute atomic E-state index is 0.185. The molecule has 0 aliphatic carbocycles. The molecule has 1 atom stereocenters. The Balaban J connectivity index is 2.13. The van der Waals surface area contributed by atoms with Crippen molar-refractivity contribution < 1.29 is 4.74 Å². The van der Waals surface area contributed by atoms with Gasteiger partial charge in [-0.3, -0.25) is 0 Å². The summed E-state index contributed by atoms with van der Waals surface area (Å²) in [5.41, 5.74) is 3.35. The van der Waals surface area contributed by atoms with Crippen LogP contribution in [0.15, 0.2) is 42.5 Å². The van der Waals surface area contributed by atoms with Crippen LogP contribution in [0.2, 0.25) is 5.02 Å². The molecule has 0 amide bonds. The van der Waals surface area contributed by atoms with Crippen LogP contribution in [0.4, 0.5) is 5.69 Å². The predicted octanol–water partition coefficient (Wildman–Crippen LogP) is 5.22. The summed E-state index contributed by atoms with van der Waals surface area (Å²) >= 11 is 6.25. The van der Waals surface area contributed by atoms with Crippen LogP contribution >= 0.6 is 11.6 Å². The smallest absolute Gasteiger partial charge is 0.119 e. The van der Waals surface area contributed by atoms with E-state index in [1.807, 2.05) is 31.2 Å². The van der Waals surface area contributed by atoms with Gasteiger partial charge in [-0.2, -0.15) is 0 Å². The van der Waals surface area contributed by atoms with Crippen molar-refractivity contribution in [1.82, 2.24) is 0 Å². The first-order valence-electron chi connectivity index (χ1n) is 6.86. The molecule has 0 spiro atoms. The molecule has 106 valence electrons. The highest BCUT2D eigenvalue weighted by Gasteiger charge is 2.09. The molecule has 20 heavy (non-hydrogen) atoms. The predicted molar refractivity (Wildman–Crippen MR) is 85.8 cm³/mol. The number of rotatable bonds is 5. The van der Waals surface area contributed by atoms with E-state index in [2.05, 4.69) is 37.4 Å². The van der Waals surface area contributed by atoms with Gasteiger partial charge in [0.2, 0.25) is 0 Å². The van der Waals surface area contributed by atoms with Crippen molar-refractivity contribution in [2.45, 2.75) is 26.8 Å². The Morgan fingerprint density at radius 1 is 1.15 bits per heavy atom. The highest BCUT2D eigenvalue weighted by Crippen LogP contribution is 2.29. The molecule has 0 aliphatic rings. The van der Waals surface area contributed by atoms with E-state index in [1.54, 1.807) is 0 Å². The van der Waals surface area contributed by atoms with Gasteiger partial charge in [0.25, 0.3) is 0 Å². The summed E-state index contributed by atoms with van der Waals surface area (Å²) in [5.74, 6) is 0.900. The lowest BCUT2D eigenvalue weighted by Gasteiger charge is -2.19. The Hall–Kier alpha value is -1.67. The molecule has 2 nitrogen and oxygen atoms in total. The van der Waals surface area contributed by atoms with Gasteiger partial charge < -0.3 is 10.1 Å². The molecule has 2 rings (SSSR count). The molecule has 1 unspecified atom stereocenters. The van der Waals surface area contributed by atoms with Gasteiger partial charge in [0.1, 0.15) is 5.75 Å². The molecule has 1 N–H and O–H groups in total. The van der Waals surface area contributed by atoms with E-state index in [0.29, 0.717) is 6.61 Å². The van der Waals surface area contributed by atoms with Crippen LogP contribution in [0.3, 0.4) is 0 Å². The number of aryl methyl sites for hydroxylation is 1. The van der Waals surface area contributed by atoms with Gasteiger partial charge in [-0.15, -0.1) is 0 Å². The van der Waals surface area contributed by atoms with E-state index >= 15 is 0 Å². The highest BCUT2D eigenvalue weighted by atomic mass is 35.5. The number of hydrogen-bond donors (Lipinski definition) is 1. The maximum Gasteiger partial charge on any atom is 0.119 e. The van der Waals surface area contributed by atoms with Gasteiger partial charge in [0.05, 0.1) is 17.3 Å². The summed E-state index contributed by atoms with van der Waals surface area (Å²) in [4.78, 5) is 0. The van der Waals surface area contributed by atoms with Crippen LogP contribution in [0.5, 0.6) is 5.75 Å². The lowest BCUT2D eigenvalue weighted by molar-refractivity contribution is 0.340. The molecule has 0 saturated heterocycles. The fourth-order valence-electron chi connectivity index (χ4n) is 2.13. The van der Waals surface area contributed by atoms with E-state index in [4.69, 9.17) is 16.3 Å². The first kappa shape index (κ1) is 14.7. The lowest BCUT2D eigenvalue weighted by atomic mass is 10.1. The van der Waals surface area contributed by atoms with Crippen molar-refractivity contribution in [3.63, 3.8) is 0 Å². The van der Waals surface area contributed by atoms with E-state index in [0.717, 1.165) is 22.0 Å². The summed E-state index contributed by atoms with van der Waals surface area (Å²) < 4.78 is 5.46. The summed E-state index contributed by atoms with van der Waals surface area (Å²) in [6.07, 6.45) is 0. The normalized spacial score (nSPS) is 12.0. The molecular weight excluding hydrogens is 270 g/mol. The third-order valence-electron chi connectivity index (χ3n) is 3.27. The second-order valence-corrected chi connectivity index (χ2v) is 5.21. The zero-order valence-corrected chi connectivity index (χ0v) is 12.9. The maximum absolute atomic E-state index is 6.25. The molecule has 0 aromatic heterocycles. The van der Waals surface area contributed by atoms with Gasteiger partial charge in [-0.05, 0) is 50.1 Å². The average Bonchev–Trinajstić information content (AvgIpc) is 2.44. The molecule has 0 radical (unpaired) electrons. The van der Waals surface area contributed by atoms with E-state index in [9.17, 15) is 0 Å². The second-order valence-electron chi connectivity index (χ2n) is 4.80. The van der Waals surface area contributed by atoms with Gasteiger partial charge in [0, 0.05) is 6.04 Å². The molecule has 2 aromatic carbocycles. The minimum Gasteiger partial charge on any atom is -0.494 e. The number of hydrogen-bond acceptors (Lipinski definition) is 2. The zero-order valence-electron chi connectivity index (χ0n) is 12.1. The van der Waals surface area contributed by atoms with Crippen molar-refractivity contribution in [1.29, 1.82) is 0 Å². The molecule has 0 bridgehead atoms. The van der Waals surface area contributed by atoms with Crippen molar-refractivity contribution >= 4 is 17.3 Å². The van der Waals surface area contributed by atoms with Gasteiger partial charge in [-0.1, -0.05) is 35.9 Å². The molecular formula is C17H20ClNO. The first-order valence-corrected chi connectivity index (χ1v) is 7.24. The van der Waals surface area contributed by atoms with Crippen LogP contribution < -0.4 is 10.1 Å². The number of ether oxygens (including phenoxy) is 1. The molecule has 3 heteroatoms. The van der Waals surface area contributed by atoms with Gasteiger partial charge in [0.15, 0.2) is 0 Å². The average molecular weight is 290 g/mol. The molecule has 0 heterocycles. The molecule has 0 fully saturated rings. The Morgan fingerprint density at radius 3 is 2.45 bits per heavy atom. The zero-order chi connectivity index (χ0) is 14.5. The summed E-state index contributed by atoms with van der Waals surface area (Å²) in [7, 11) is 0. The van der Waals surface area contributed by atoms with Gasteiger partial charge >= 0.3 is 0 Å². The quantitative estimate of drug-likeness (QED) is 0.815. The SMILES string of the molecule is CCOc1ccc(C(C)Nc2c(C)cccc2Cl)cc1. The van der Waals surface area contributed by atoms with E-state index < -0.39 is 0 Å². The molecule has 0 aliphatic heterocycles. The standard InChI is InChI=1S/C17H20ClNO/c1-4-20-15-10-8-14(9-11-15)13(3)19-17-12(2)6-5-7-16(17)18/h5-11,13,19H,4H2,1-3H3. The number of halogens is 1. The van der Waals surface area contributed by atoms with Crippen LogP contribution in [0.1, 0.15) is 31.0 Å². The Bertz CT molecular complexity index is 545.